The topological polar surface area (TPSA) is 130 Å². The molecule has 0 aliphatic carbocycles. The molecule has 0 rings (SSSR count). The molecule has 0 saturated heterocycles. The molecule has 0 aliphatic heterocycles. The fourth-order valence-corrected chi connectivity index (χ4v) is 1.19. The van der Waals surface area contributed by atoms with Crippen LogP contribution < -0.4 is 143 Å². The Hall–Kier alpha value is 1.87. The summed E-state index contributed by atoms with van der Waals surface area (Å²) in [5.41, 5.74) is -2.43. The van der Waals surface area contributed by atoms with Crippen LogP contribution in [0.3, 0.4) is 0 Å². The molecule has 0 atom stereocenters. The third-order valence-electron chi connectivity index (χ3n) is 3.57. The van der Waals surface area contributed by atoms with E-state index < -0.39 is 16.8 Å². The van der Waals surface area contributed by atoms with Crippen LogP contribution in [-0.4, -0.2) is 40.0 Å². The van der Waals surface area contributed by atoms with Crippen LogP contribution in [0.2, 0.25) is 0 Å². The molecule has 9 heteroatoms. The smallest absolute Gasteiger partial charge is 0.870 e. The molecular formula is C50H107K2NaO6. The molecule has 6 nitrogen and oxygen atoms in total. The summed E-state index contributed by atoms with van der Waals surface area (Å²) >= 11 is 0. The second kappa shape index (κ2) is 131. The van der Waals surface area contributed by atoms with E-state index >= 15 is 0 Å². The van der Waals surface area contributed by atoms with Gasteiger partial charge in [-0.3, -0.25) is 0 Å². The van der Waals surface area contributed by atoms with E-state index in [1.165, 1.54) is 77.6 Å². The van der Waals surface area contributed by atoms with Gasteiger partial charge in [0, 0.05) is 6.42 Å². The van der Waals surface area contributed by atoms with Gasteiger partial charge in [-0.05, 0) is 54.4 Å². The Labute approximate surface area is 483 Å². The molecule has 0 amide bonds. The molecule has 0 bridgehead atoms. The molecule has 0 aromatic heterocycles. The zero-order valence-corrected chi connectivity index (χ0v) is 54.2. The minimum Gasteiger partial charge on any atom is -0.870 e. The number of aldehydes is 2. The number of unbranched alkanes of at least 4 members (excludes halogenated alkanes) is 6. The molecule has 2 N–H and O–H groups in total. The Morgan fingerprint density at radius 2 is 0.695 bits per heavy atom. The zero-order valence-electron chi connectivity index (χ0n) is 46.0. The van der Waals surface area contributed by atoms with Crippen LogP contribution in [0.5, 0.6) is 0 Å². The number of terminal acetylenes is 2. The number of hydrogen-bond donors (Lipinski definition) is 1. The molecular weight excluding hydrogens is 798 g/mol. The van der Waals surface area contributed by atoms with Crippen LogP contribution >= 0.6 is 0 Å². The van der Waals surface area contributed by atoms with Crippen molar-refractivity contribution in [2.75, 3.05) is 0 Å². The number of allylic oxidation sites excluding steroid dienone is 2. The predicted molar refractivity (Wildman–Crippen MR) is 256 cm³/mol. The van der Waals surface area contributed by atoms with Crippen LogP contribution in [0.4, 0.5) is 0 Å². The van der Waals surface area contributed by atoms with E-state index in [1.807, 2.05) is 48.5 Å². The van der Waals surface area contributed by atoms with Crippen LogP contribution in [-0.2, 0) is 9.59 Å². The van der Waals surface area contributed by atoms with Crippen LogP contribution in [0.1, 0.15) is 250 Å². The first-order valence-electron chi connectivity index (χ1n) is 21.2. The van der Waals surface area contributed by atoms with Crippen molar-refractivity contribution < 1.29 is 163 Å². The predicted octanol–water partition coefficient (Wildman–Crippen LogP) is 4.99. The van der Waals surface area contributed by atoms with Crippen molar-refractivity contribution in [3.05, 3.63) is 12.2 Å². The van der Waals surface area contributed by atoms with E-state index in [4.69, 9.17) is 16.3 Å². The molecule has 0 fully saturated rings. The van der Waals surface area contributed by atoms with Crippen molar-refractivity contribution in [2.24, 2.45) is 0 Å². The van der Waals surface area contributed by atoms with Gasteiger partial charge >= 0.3 is 132 Å². The van der Waals surface area contributed by atoms with Gasteiger partial charge < -0.3 is 30.4 Å². The van der Waals surface area contributed by atoms with Gasteiger partial charge in [-0.15, -0.1) is 41.8 Å². The van der Waals surface area contributed by atoms with E-state index in [9.17, 15) is 15.0 Å². The third kappa shape index (κ3) is 796. The zero-order chi connectivity index (χ0) is 47.6. The number of aliphatic hydroxyl groups is 1. The third-order valence-corrected chi connectivity index (χ3v) is 3.57. The number of carbonyl (C=O) groups excluding carboxylic acids is 2. The summed E-state index contributed by atoms with van der Waals surface area (Å²) in [6.07, 6.45) is 30.6. The van der Waals surface area contributed by atoms with E-state index in [-0.39, 0.29) is 138 Å². The maximum absolute atomic E-state index is 10.1. The quantitative estimate of drug-likeness (QED) is 0.114. The number of hydrogen-bond acceptors (Lipinski definition) is 6. The van der Waals surface area contributed by atoms with Gasteiger partial charge in [-0.1, -0.05) is 207 Å². The van der Waals surface area contributed by atoms with Crippen molar-refractivity contribution in [2.45, 2.75) is 267 Å². The summed E-state index contributed by atoms with van der Waals surface area (Å²) in [5.74, 6) is 9.77. The molecule has 0 aromatic carbocycles. The molecule has 346 valence electrons. The van der Waals surface area contributed by atoms with Crippen molar-refractivity contribution in [3.8, 4) is 36.5 Å². The normalized spacial score (nSPS) is 7.49. The number of carbonyl (C=O) groups is 2. The molecule has 0 radical (unpaired) electrons. The molecule has 0 unspecified atom stereocenters. The second-order valence-corrected chi connectivity index (χ2v) is 12.9. The number of rotatable bonds is 9. The minimum absolute atomic E-state index is 0. The SMILES string of the molecule is C#CC.C#CC(C)(C)O.CC.CC.CC#CC.CC(C)(C)[O-].CC(C)(C)[O-].CC/C=C\CC.CC=O.CCC=O.CCCC.CCCCC.CCCCCC.[K+].[K+].[Na+].[OH-]. The van der Waals surface area contributed by atoms with Gasteiger partial charge in [0.1, 0.15) is 18.2 Å². The van der Waals surface area contributed by atoms with Gasteiger partial charge in [-0.25, -0.2) is 0 Å². The second-order valence-electron chi connectivity index (χ2n) is 12.9. The van der Waals surface area contributed by atoms with Crippen molar-refractivity contribution in [3.63, 3.8) is 0 Å². The fourth-order valence-electron chi connectivity index (χ4n) is 1.19. The van der Waals surface area contributed by atoms with Gasteiger partial charge in [-0.2, -0.15) is 0 Å². The average molecular weight is 906 g/mol. The monoisotopic (exact) mass is 905 g/mol. The van der Waals surface area contributed by atoms with Gasteiger partial charge in [0.25, 0.3) is 0 Å². The van der Waals surface area contributed by atoms with Crippen molar-refractivity contribution in [1.29, 1.82) is 0 Å². The van der Waals surface area contributed by atoms with E-state index in [0.717, 1.165) is 12.6 Å². The summed E-state index contributed by atoms with van der Waals surface area (Å²) in [6.45, 7) is 47.0. The van der Waals surface area contributed by atoms with Crippen LogP contribution in [0.25, 0.3) is 0 Å². The van der Waals surface area contributed by atoms with Gasteiger partial charge in [0.05, 0.1) is 0 Å². The summed E-state index contributed by atoms with van der Waals surface area (Å²) in [7, 11) is 0. The van der Waals surface area contributed by atoms with Gasteiger partial charge in [0.15, 0.2) is 0 Å². The van der Waals surface area contributed by atoms with Crippen molar-refractivity contribution >= 4 is 12.6 Å². The van der Waals surface area contributed by atoms with Crippen LogP contribution in [0.15, 0.2) is 12.2 Å². The fraction of sp³-hybridized carbons (Fsp3) is 0.800. The standard InChI is InChI=1S/C6H14.C6H12.C5H8O.C5H12.2C4H9O.C4H10.C4H6.C3H6O.C3H4.C2H4O.2C2H6.2K.Na.H2O/c2*1-3-5-6-4-2;1-4-5(2,3)6;1-3-5-4-2;2*1-4(2,3)5;2*1-3-4-2;1-2-3-4;1-3-2;1-2-3;2*1-2;;;;/h3-6H2,1-2H3;5-6H,3-4H2,1-2H3;1,6H,2-3H3;3-5H2,1-2H3;2*1-3H3;3-4H2,1-2H3;1-2H3;3H,2H2,1H3;1H,2H3;2H,1H3;2*1-2H3;;;;1H2/q;;;;2*-1;;;;;;;;3*+1;/p-1/b;6-5-;;;;;;;;;;;;;;;. The molecule has 0 spiro atoms. The first-order chi connectivity index (χ1) is 25.4. The van der Waals surface area contributed by atoms with E-state index in [2.05, 4.69) is 97.6 Å². The molecule has 0 aliphatic rings. The maximum Gasteiger partial charge on any atom is 1.00 e. The average Bonchev–Trinajstić information content (AvgIpc) is 3.12. The largest absolute Gasteiger partial charge is 1.00 e. The molecule has 59 heavy (non-hydrogen) atoms. The van der Waals surface area contributed by atoms with Gasteiger partial charge in [0.2, 0.25) is 0 Å². The first kappa shape index (κ1) is 113. The molecule has 0 heterocycles. The van der Waals surface area contributed by atoms with Crippen LogP contribution in [0, 0.1) is 36.5 Å². The minimum atomic E-state index is -0.931. The Balaban J connectivity index is -0.0000000217. The first-order valence-corrected chi connectivity index (χ1v) is 21.2. The summed E-state index contributed by atoms with van der Waals surface area (Å²) in [5, 5.41) is 28.8. The maximum atomic E-state index is 10.1. The Kier molecular flexibility index (Phi) is 251. The summed E-state index contributed by atoms with van der Waals surface area (Å²) < 4.78 is 0. The molecule has 0 aromatic rings. The van der Waals surface area contributed by atoms with E-state index in [1.54, 1.807) is 62.3 Å². The summed E-state index contributed by atoms with van der Waals surface area (Å²) in [4.78, 5) is 18.0. The molecule has 0 saturated carbocycles. The summed E-state index contributed by atoms with van der Waals surface area (Å²) in [6, 6.07) is 0. The Morgan fingerprint density at radius 3 is 0.729 bits per heavy atom. The Bertz CT molecular complexity index is 672. The Morgan fingerprint density at radius 1 is 0.542 bits per heavy atom. The van der Waals surface area contributed by atoms with Crippen molar-refractivity contribution in [1.82, 2.24) is 0 Å². The van der Waals surface area contributed by atoms with E-state index in [0.29, 0.717) is 6.42 Å².